The van der Waals surface area contributed by atoms with Crippen LogP contribution in [0.5, 0.6) is 0 Å². The second kappa shape index (κ2) is 6.41. The van der Waals surface area contributed by atoms with Crippen molar-refractivity contribution in [2.45, 2.75) is 39.2 Å². The molecule has 1 N–H and O–H groups in total. The molecule has 0 aliphatic carbocycles. The summed E-state index contributed by atoms with van der Waals surface area (Å²) in [6.45, 7) is 6.01. The molecule has 1 aromatic carbocycles. The maximum atomic E-state index is 10.2. The highest BCUT2D eigenvalue weighted by atomic mass is 16.3. The molecule has 17 heavy (non-hydrogen) atoms. The largest absolute Gasteiger partial charge is 0.386 e. The van der Waals surface area contributed by atoms with Crippen molar-refractivity contribution in [3.8, 4) is 0 Å². The van der Waals surface area contributed by atoms with E-state index in [1.54, 1.807) is 0 Å². The van der Waals surface area contributed by atoms with Gasteiger partial charge in [0, 0.05) is 0 Å². The van der Waals surface area contributed by atoms with Crippen LogP contribution < -0.4 is 0 Å². The van der Waals surface area contributed by atoms with Crippen LogP contribution in [0, 0.1) is 0 Å². The van der Waals surface area contributed by atoms with Crippen molar-refractivity contribution in [2.24, 2.45) is 0 Å². The molecule has 0 radical (unpaired) electrons. The molecule has 0 aliphatic heterocycles. The van der Waals surface area contributed by atoms with Gasteiger partial charge in [-0.05, 0) is 39.2 Å². The molecular formula is C16H22O. The first-order valence-corrected chi connectivity index (χ1v) is 6.10. The highest BCUT2D eigenvalue weighted by Gasteiger charge is 2.14. The van der Waals surface area contributed by atoms with E-state index in [4.69, 9.17) is 0 Å². The molecule has 1 nitrogen and oxygen atoms in total. The monoisotopic (exact) mass is 230 g/mol. The Bertz CT molecular complexity index is 381. The van der Waals surface area contributed by atoms with Crippen LogP contribution in [0.3, 0.4) is 0 Å². The second-order valence-corrected chi connectivity index (χ2v) is 4.92. The van der Waals surface area contributed by atoms with E-state index >= 15 is 0 Å². The third-order valence-corrected chi connectivity index (χ3v) is 2.64. The Labute approximate surface area is 104 Å². The Hall–Kier alpha value is -1.34. The van der Waals surface area contributed by atoms with Crippen molar-refractivity contribution in [3.05, 3.63) is 53.6 Å². The van der Waals surface area contributed by atoms with Crippen LogP contribution in [0.15, 0.2) is 48.1 Å². The summed E-state index contributed by atoms with van der Waals surface area (Å²) in [5.74, 6) is 0. The summed E-state index contributed by atoms with van der Waals surface area (Å²) < 4.78 is 0. The van der Waals surface area contributed by atoms with Gasteiger partial charge in [-0.1, -0.05) is 54.1 Å². The molecule has 0 spiro atoms. The number of rotatable bonds is 5. The minimum absolute atomic E-state index is 0.734. The lowest BCUT2D eigenvalue weighted by molar-refractivity contribution is 0.104. The Morgan fingerprint density at radius 1 is 1.24 bits per heavy atom. The highest BCUT2D eigenvalue weighted by Crippen LogP contribution is 2.16. The summed E-state index contributed by atoms with van der Waals surface area (Å²) in [6, 6.07) is 10.0. The SMILES string of the molecule is CC(C)=CCCC(C)(O)/C=C/c1ccccc1. The summed E-state index contributed by atoms with van der Waals surface area (Å²) >= 11 is 0. The average Bonchev–Trinajstić information content (AvgIpc) is 2.27. The van der Waals surface area contributed by atoms with Gasteiger partial charge in [0.15, 0.2) is 0 Å². The zero-order valence-electron chi connectivity index (χ0n) is 11.0. The van der Waals surface area contributed by atoms with Crippen LogP contribution in [0.4, 0.5) is 0 Å². The van der Waals surface area contributed by atoms with Crippen LogP contribution in [0.2, 0.25) is 0 Å². The smallest absolute Gasteiger partial charge is 0.0805 e. The molecule has 0 amide bonds. The van der Waals surface area contributed by atoms with Gasteiger partial charge in [-0.15, -0.1) is 0 Å². The van der Waals surface area contributed by atoms with Crippen LogP contribution in [0.1, 0.15) is 39.2 Å². The number of allylic oxidation sites excluding steroid dienone is 2. The van der Waals surface area contributed by atoms with E-state index in [0.717, 1.165) is 18.4 Å². The Morgan fingerprint density at radius 2 is 1.88 bits per heavy atom. The van der Waals surface area contributed by atoms with Crippen LogP contribution in [-0.2, 0) is 0 Å². The number of hydrogen-bond acceptors (Lipinski definition) is 1. The van der Waals surface area contributed by atoms with Crippen molar-refractivity contribution in [3.63, 3.8) is 0 Å². The quantitative estimate of drug-likeness (QED) is 0.752. The first-order valence-electron chi connectivity index (χ1n) is 6.10. The van der Waals surface area contributed by atoms with Gasteiger partial charge < -0.3 is 5.11 Å². The number of benzene rings is 1. The van der Waals surface area contributed by atoms with Gasteiger partial charge in [-0.25, -0.2) is 0 Å². The fourth-order valence-electron chi connectivity index (χ4n) is 1.58. The molecule has 0 aromatic heterocycles. The topological polar surface area (TPSA) is 20.2 Å². The summed E-state index contributed by atoms with van der Waals surface area (Å²) in [7, 11) is 0. The van der Waals surface area contributed by atoms with Gasteiger partial charge in [-0.3, -0.25) is 0 Å². The molecule has 0 heterocycles. The van der Waals surface area contributed by atoms with E-state index < -0.39 is 5.60 Å². The zero-order valence-corrected chi connectivity index (χ0v) is 11.0. The number of aliphatic hydroxyl groups is 1. The lowest BCUT2D eigenvalue weighted by Crippen LogP contribution is -2.19. The van der Waals surface area contributed by atoms with Gasteiger partial charge in [0.05, 0.1) is 5.60 Å². The van der Waals surface area contributed by atoms with Crippen LogP contribution >= 0.6 is 0 Å². The van der Waals surface area contributed by atoms with E-state index in [9.17, 15) is 5.11 Å². The van der Waals surface area contributed by atoms with Crippen molar-refractivity contribution in [2.75, 3.05) is 0 Å². The van der Waals surface area contributed by atoms with Crippen LogP contribution in [0.25, 0.3) is 6.08 Å². The van der Waals surface area contributed by atoms with Crippen molar-refractivity contribution >= 4 is 6.08 Å². The normalized spacial score (nSPS) is 14.6. The molecule has 0 saturated carbocycles. The maximum absolute atomic E-state index is 10.2. The third kappa shape index (κ3) is 6.08. The van der Waals surface area contributed by atoms with Gasteiger partial charge in [0.25, 0.3) is 0 Å². The summed E-state index contributed by atoms with van der Waals surface area (Å²) in [4.78, 5) is 0. The average molecular weight is 230 g/mol. The summed E-state index contributed by atoms with van der Waals surface area (Å²) in [5, 5.41) is 10.2. The fourth-order valence-corrected chi connectivity index (χ4v) is 1.58. The lowest BCUT2D eigenvalue weighted by Gasteiger charge is -2.17. The van der Waals surface area contributed by atoms with Gasteiger partial charge in [-0.2, -0.15) is 0 Å². The van der Waals surface area contributed by atoms with E-state index in [2.05, 4.69) is 19.9 Å². The molecule has 0 bridgehead atoms. The predicted molar refractivity (Wildman–Crippen MR) is 74.8 cm³/mol. The van der Waals surface area contributed by atoms with Crippen LogP contribution in [-0.4, -0.2) is 10.7 Å². The number of hydrogen-bond donors (Lipinski definition) is 1. The minimum Gasteiger partial charge on any atom is -0.386 e. The molecule has 1 aromatic rings. The van der Waals surface area contributed by atoms with Crippen molar-refractivity contribution in [1.82, 2.24) is 0 Å². The molecule has 0 aliphatic rings. The third-order valence-electron chi connectivity index (χ3n) is 2.64. The molecule has 1 atom stereocenters. The van der Waals surface area contributed by atoms with E-state index in [1.807, 2.05) is 49.4 Å². The summed E-state index contributed by atoms with van der Waals surface area (Å²) in [6.07, 6.45) is 7.67. The summed E-state index contributed by atoms with van der Waals surface area (Å²) in [5.41, 5.74) is 1.68. The Balaban J connectivity index is 2.54. The second-order valence-electron chi connectivity index (χ2n) is 4.92. The van der Waals surface area contributed by atoms with E-state index in [0.29, 0.717) is 0 Å². The minimum atomic E-state index is -0.734. The van der Waals surface area contributed by atoms with E-state index in [-0.39, 0.29) is 0 Å². The van der Waals surface area contributed by atoms with Gasteiger partial charge in [0.1, 0.15) is 0 Å². The fraction of sp³-hybridized carbons (Fsp3) is 0.375. The standard InChI is InChI=1S/C16H22O/c1-14(2)8-7-12-16(3,17)13-11-15-9-5-4-6-10-15/h4-6,8-11,13,17H,7,12H2,1-3H3/b13-11+. The molecule has 1 rings (SSSR count). The first-order chi connectivity index (χ1) is 7.99. The molecule has 0 saturated heterocycles. The molecule has 0 fully saturated rings. The van der Waals surface area contributed by atoms with E-state index in [1.165, 1.54) is 5.57 Å². The molecule has 1 unspecified atom stereocenters. The first kappa shape index (κ1) is 13.7. The van der Waals surface area contributed by atoms with Crippen molar-refractivity contribution in [1.29, 1.82) is 0 Å². The Morgan fingerprint density at radius 3 is 2.47 bits per heavy atom. The zero-order chi connectivity index (χ0) is 12.7. The highest BCUT2D eigenvalue weighted by molar-refractivity contribution is 5.50. The van der Waals surface area contributed by atoms with Gasteiger partial charge in [0.2, 0.25) is 0 Å². The van der Waals surface area contributed by atoms with Gasteiger partial charge >= 0.3 is 0 Å². The van der Waals surface area contributed by atoms with Crippen molar-refractivity contribution < 1.29 is 5.11 Å². The predicted octanol–water partition coefficient (Wildman–Crippen LogP) is 4.20. The molecule has 1 heteroatoms. The molecule has 92 valence electrons. The maximum Gasteiger partial charge on any atom is 0.0805 e. The Kier molecular flexibility index (Phi) is 5.17. The molecular weight excluding hydrogens is 208 g/mol. The lowest BCUT2D eigenvalue weighted by atomic mass is 9.98.